The summed E-state index contributed by atoms with van der Waals surface area (Å²) >= 11 is 0. The monoisotopic (exact) mass is 351 g/mol. The van der Waals surface area contributed by atoms with Crippen LogP contribution in [0.5, 0.6) is 11.5 Å². The summed E-state index contributed by atoms with van der Waals surface area (Å²) in [5.74, 6) is 0.373. The number of phenolic OH excluding ortho intramolecular Hbond substituents is 1. The maximum absolute atomic E-state index is 10.2. The number of aliphatic hydroxyl groups excluding tert-OH is 1. The molecule has 0 saturated carbocycles. The van der Waals surface area contributed by atoms with Gasteiger partial charge in [-0.1, -0.05) is 12.1 Å². The number of imidazole rings is 1. The lowest BCUT2D eigenvalue weighted by atomic mass is 10.2. The molecule has 0 aliphatic carbocycles. The number of benzene rings is 2. The van der Waals surface area contributed by atoms with Gasteiger partial charge in [0.25, 0.3) is 0 Å². The van der Waals surface area contributed by atoms with E-state index in [2.05, 4.69) is 4.98 Å². The van der Waals surface area contributed by atoms with E-state index in [-0.39, 0.29) is 5.75 Å². The predicted molar refractivity (Wildman–Crippen MR) is 98.7 cm³/mol. The zero-order valence-corrected chi connectivity index (χ0v) is 14.1. The number of rotatable bonds is 5. The van der Waals surface area contributed by atoms with Crippen LogP contribution in [0.1, 0.15) is 5.56 Å². The summed E-state index contributed by atoms with van der Waals surface area (Å²) in [4.78, 5) is 9.13. The lowest BCUT2D eigenvalue weighted by Gasteiger charge is -2.09. The van der Waals surface area contributed by atoms with Gasteiger partial charge in [0.2, 0.25) is 0 Å². The van der Waals surface area contributed by atoms with Gasteiger partial charge in [-0.15, -0.1) is 0 Å². The molecule has 2 N–H and O–H groups in total. The van der Waals surface area contributed by atoms with E-state index in [4.69, 9.17) is 19.6 Å². The maximum Gasteiger partial charge on any atom is 0.161 e. The second-order valence-electron chi connectivity index (χ2n) is 5.76. The number of methoxy groups -OCH3 is 1. The van der Waals surface area contributed by atoms with Crippen LogP contribution in [0, 0.1) is 0 Å². The molecule has 0 amide bonds. The molecular weight excluding hydrogens is 334 g/mol. The number of aliphatic hydroxyl groups is 1. The first-order valence-electron chi connectivity index (χ1n) is 8.08. The van der Waals surface area contributed by atoms with Gasteiger partial charge in [0.05, 0.1) is 29.4 Å². The van der Waals surface area contributed by atoms with E-state index in [1.165, 1.54) is 0 Å². The van der Waals surface area contributed by atoms with Crippen LogP contribution in [0.25, 0.3) is 33.7 Å². The molecule has 2 aromatic carbocycles. The van der Waals surface area contributed by atoms with Gasteiger partial charge in [0, 0.05) is 24.1 Å². The van der Waals surface area contributed by atoms with Crippen molar-refractivity contribution in [1.29, 1.82) is 0 Å². The van der Waals surface area contributed by atoms with Crippen LogP contribution in [0.4, 0.5) is 0 Å². The van der Waals surface area contributed by atoms with Crippen LogP contribution in [-0.2, 0) is 4.74 Å². The van der Waals surface area contributed by atoms with E-state index in [9.17, 15) is 5.11 Å². The summed E-state index contributed by atoms with van der Waals surface area (Å²) in [6.07, 6.45) is 4.27. The van der Waals surface area contributed by atoms with Gasteiger partial charge < -0.3 is 19.7 Å². The Morgan fingerprint density at radius 3 is 2.88 bits per heavy atom. The van der Waals surface area contributed by atoms with Crippen LogP contribution < -0.4 is 4.74 Å². The van der Waals surface area contributed by atoms with E-state index < -0.39 is 0 Å². The molecular formula is C19H17N3O4. The number of hydrogen-bond acceptors (Lipinski definition) is 6. The molecule has 132 valence electrons. The number of aromatic nitrogens is 3. The Morgan fingerprint density at radius 2 is 2.08 bits per heavy atom. The maximum atomic E-state index is 10.2. The van der Waals surface area contributed by atoms with Crippen LogP contribution in [0.3, 0.4) is 0 Å². The third-order valence-corrected chi connectivity index (χ3v) is 4.17. The number of hydrogen-bond donors (Lipinski definition) is 2. The van der Waals surface area contributed by atoms with Crippen molar-refractivity contribution >= 4 is 33.7 Å². The molecule has 0 aliphatic rings. The Bertz CT molecular complexity index is 1130. The Hall–Kier alpha value is -3.32. The van der Waals surface area contributed by atoms with Gasteiger partial charge in [-0.2, -0.15) is 0 Å². The highest BCUT2D eigenvalue weighted by atomic mass is 16.5. The molecule has 0 atom stereocenters. The first-order valence-corrected chi connectivity index (χ1v) is 8.08. The average Bonchev–Trinajstić information content (AvgIpc) is 3.02. The molecule has 4 aromatic rings. The lowest BCUT2D eigenvalue weighted by molar-refractivity contribution is 0.144. The van der Waals surface area contributed by atoms with Crippen molar-refractivity contribution < 1.29 is 19.7 Å². The van der Waals surface area contributed by atoms with Crippen LogP contribution in [0.15, 0.2) is 42.9 Å². The summed E-state index contributed by atoms with van der Waals surface area (Å²) in [5.41, 5.74) is 3.76. The van der Waals surface area contributed by atoms with E-state index in [0.717, 1.165) is 28.2 Å². The third kappa shape index (κ3) is 2.58. The van der Waals surface area contributed by atoms with Crippen molar-refractivity contribution in [3.8, 4) is 11.5 Å². The summed E-state index contributed by atoms with van der Waals surface area (Å²) in [6, 6.07) is 8.97. The molecule has 4 rings (SSSR count). The van der Waals surface area contributed by atoms with Gasteiger partial charge in [-0.25, -0.2) is 9.97 Å². The van der Waals surface area contributed by atoms with Crippen molar-refractivity contribution in [3.05, 3.63) is 48.5 Å². The first-order chi connectivity index (χ1) is 12.7. The van der Waals surface area contributed by atoms with Gasteiger partial charge in [0.15, 0.2) is 11.5 Å². The fourth-order valence-corrected chi connectivity index (χ4v) is 3.01. The average molecular weight is 351 g/mol. The van der Waals surface area contributed by atoms with Crippen molar-refractivity contribution in [2.24, 2.45) is 0 Å². The van der Waals surface area contributed by atoms with Gasteiger partial charge >= 0.3 is 0 Å². The fourth-order valence-electron chi connectivity index (χ4n) is 3.01. The Labute approximate surface area is 148 Å². The normalized spacial score (nSPS) is 11.9. The topological polar surface area (TPSA) is 89.1 Å². The molecule has 7 heteroatoms. The fraction of sp³-hybridized carbons (Fsp3) is 0.158. The van der Waals surface area contributed by atoms with Gasteiger partial charge in [-0.05, 0) is 18.2 Å². The molecule has 26 heavy (non-hydrogen) atoms. The van der Waals surface area contributed by atoms with E-state index in [1.54, 1.807) is 31.6 Å². The number of aromatic hydroxyl groups is 1. The summed E-state index contributed by atoms with van der Waals surface area (Å²) in [7, 11) is 1.59. The SMILES string of the molecule is COCCOc1cc2c(cc1O)ncn1c2nc2cccc(/C=C/O)c21. The molecule has 0 bridgehead atoms. The van der Waals surface area contributed by atoms with Crippen molar-refractivity contribution in [3.63, 3.8) is 0 Å². The van der Waals surface area contributed by atoms with Gasteiger partial charge in [0.1, 0.15) is 18.6 Å². The molecule has 2 heterocycles. The number of nitrogens with zero attached hydrogens (tertiary/aromatic N) is 3. The first kappa shape index (κ1) is 16.2. The van der Waals surface area contributed by atoms with Crippen molar-refractivity contribution in [2.45, 2.75) is 0 Å². The number of fused-ring (bicyclic) bond motifs is 5. The minimum atomic E-state index is 0.0190. The highest BCUT2D eigenvalue weighted by Crippen LogP contribution is 2.33. The minimum Gasteiger partial charge on any atom is -0.516 e. The Balaban J connectivity index is 1.97. The molecule has 0 unspecified atom stereocenters. The Morgan fingerprint density at radius 1 is 1.19 bits per heavy atom. The quantitative estimate of drug-likeness (QED) is 0.424. The number of ether oxygens (including phenoxy) is 2. The zero-order valence-electron chi connectivity index (χ0n) is 14.1. The van der Waals surface area contributed by atoms with Gasteiger partial charge in [-0.3, -0.25) is 4.40 Å². The van der Waals surface area contributed by atoms with E-state index in [1.807, 2.05) is 22.6 Å². The number of phenols is 1. The lowest BCUT2D eigenvalue weighted by Crippen LogP contribution is -2.04. The van der Waals surface area contributed by atoms with Crippen LogP contribution >= 0.6 is 0 Å². The second-order valence-corrected chi connectivity index (χ2v) is 5.76. The smallest absolute Gasteiger partial charge is 0.161 e. The third-order valence-electron chi connectivity index (χ3n) is 4.17. The molecule has 0 fully saturated rings. The Kier molecular flexibility index (Phi) is 4.06. The molecule has 0 saturated heterocycles. The molecule has 0 spiro atoms. The second kappa shape index (κ2) is 6.53. The van der Waals surface area contributed by atoms with E-state index in [0.29, 0.717) is 30.1 Å². The molecule has 7 nitrogen and oxygen atoms in total. The standard InChI is InChI=1S/C19H17N3O4/c1-25-7-8-26-17-9-13-15(10-16(17)24)20-11-22-18-12(5-6-23)3-2-4-14(18)21-19(13)22/h2-6,9-11,23-24H,7-8H2,1H3/b6-5+. The minimum absolute atomic E-state index is 0.0190. The van der Waals surface area contributed by atoms with Crippen LogP contribution in [-0.4, -0.2) is 44.9 Å². The molecule has 0 aliphatic heterocycles. The zero-order chi connectivity index (χ0) is 18.1. The van der Waals surface area contributed by atoms with E-state index >= 15 is 0 Å². The summed E-state index contributed by atoms with van der Waals surface area (Å²) < 4.78 is 12.4. The summed E-state index contributed by atoms with van der Waals surface area (Å²) in [6.45, 7) is 0.748. The summed E-state index contributed by atoms with van der Waals surface area (Å²) in [5, 5.41) is 20.1. The predicted octanol–water partition coefficient (Wildman–Crippen LogP) is 3.30. The number of para-hydroxylation sites is 1. The molecule has 2 aromatic heterocycles. The van der Waals surface area contributed by atoms with Crippen molar-refractivity contribution in [2.75, 3.05) is 20.3 Å². The molecule has 0 radical (unpaired) electrons. The highest BCUT2D eigenvalue weighted by Gasteiger charge is 2.14. The van der Waals surface area contributed by atoms with Crippen molar-refractivity contribution in [1.82, 2.24) is 14.4 Å². The van der Waals surface area contributed by atoms with Crippen LogP contribution in [0.2, 0.25) is 0 Å². The highest BCUT2D eigenvalue weighted by molar-refractivity contribution is 5.99. The largest absolute Gasteiger partial charge is 0.516 e.